The SMILES string of the molecule is CC(C)(C)Oc1ccc2c(c1)CC[C@H](c1ccccc1)[C@@H]2c1ccc(OCc2cccc(CCl)n2)cc1. The third kappa shape index (κ3) is 6.17. The molecular formula is C33H34ClNO2. The van der Waals surface area contributed by atoms with Crippen LogP contribution in [0.3, 0.4) is 0 Å². The van der Waals surface area contributed by atoms with Crippen molar-refractivity contribution in [3.8, 4) is 11.5 Å². The molecule has 1 aliphatic carbocycles. The topological polar surface area (TPSA) is 31.4 Å². The van der Waals surface area contributed by atoms with Crippen LogP contribution in [-0.2, 0) is 18.9 Å². The highest BCUT2D eigenvalue weighted by Crippen LogP contribution is 2.47. The summed E-state index contributed by atoms with van der Waals surface area (Å²) in [6.45, 7) is 6.69. The molecule has 1 aromatic heterocycles. The normalized spacial score (nSPS) is 17.2. The molecule has 0 saturated heterocycles. The molecule has 190 valence electrons. The van der Waals surface area contributed by atoms with E-state index in [2.05, 4.69) is 98.6 Å². The number of rotatable bonds is 7. The Balaban J connectivity index is 1.42. The van der Waals surface area contributed by atoms with Gasteiger partial charge in [-0.3, -0.25) is 4.98 Å². The highest BCUT2D eigenvalue weighted by molar-refractivity contribution is 6.16. The first-order chi connectivity index (χ1) is 17.9. The van der Waals surface area contributed by atoms with Crippen LogP contribution in [0.2, 0.25) is 0 Å². The molecule has 37 heavy (non-hydrogen) atoms. The van der Waals surface area contributed by atoms with Crippen molar-refractivity contribution in [1.29, 1.82) is 0 Å². The van der Waals surface area contributed by atoms with Crippen molar-refractivity contribution in [2.45, 2.75) is 63.5 Å². The number of hydrogen-bond donors (Lipinski definition) is 0. The van der Waals surface area contributed by atoms with Crippen molar-refractivity contribution in [2.24, 2.45) is 0 Å². The van der Waals surface area contributed by atoms with Gasteiger partial charge in [-0.1, -0.05) is 54.6 Å². The van der Waals surface area contributed by atoms with E-state index in [0.29, 0.717) is 18.4 Å². The van der Waals surface area contributed by atoms with Crippen molar-refractivity contribution in [3.63, 3.8) is 0 Å². The minimum absolute atomic E-state index is 0.217. The van der Waals surface area contributed by atoms with E-state index >= 15 is 0 Å². The van der Waals surface area contributed by atoms with Gasteiger partial charge in [0.2, 0.25) is 0 Å². The van der Waals surface area contributed by atoms with Crippen LogP contribution in [0.1, 0.15) is 72.7 Å². The number of aryl methyl sites for hydroxylation is 1. The maximum atomic E-state index is 6.18. The van der Waals surface area contributed by atoms with Gasteiger partial charge in [-0.15, -0.1) is 11.6 Å². The van der Waals surface area contributed by atoms with Crippen molar-refractivity contribution in [3.05, 3.63) is 125 Å². The van der Waals surface area contributed by atoms with Gasteiger partial charge >= 0.3 is 0 Å². The number of alkyl halides is 1. The van der Waals surface area contributed by atoms with Gasteiger partial charge in [-0.05, 0) is 98.2 Å². The Bertz CT molecular complexity index is 1330. The fourth-order valence-corrected chi connectivity index (χ4v) is 5.45. The number of fused-ring (bicyclic) bond motifs is 1. The lowest BCUT2D eigenvalue weighted by Gasteiger charge is -2.35. The van der Waals surface area contributed by atoms with E-state index in [9.17, 15) is 0 Å². The van der Waals surface area contributed by atoms with Crippen LogP contribution in [-0.4, -0.2) is 10.6 Å². The summed E-state index contributed by atoms with van der Waals surface area (Å²) in [5.41, 5.74) is 6.97. The third-order valence-corrected chi connectivity index (χ3v) is 7.13. The van der Waals surface area contributed by atoms with Gasteiger partial charge in [0, 0.05) is 5.92 Å². The van der Waals surface area contributed by atoms with Gasteiger partial charge < -0.3 is 9.47 Å². The molecule has 0 saturated carbocycles. The summed E-state index contributed by atoms with van der Waals surface area (Å²) in [4.78, 5) is 4.53. The molecule has 0 N–H and O–H groups in total. The fraction of sp³-hybridized carbons (Fsp3) is 0.303. The van der Waals surface area contributed by atoms with Gasteiger partial charge in [0.05, 0.1) is 17.3 Å². The standard InChI is InChI=1S/C33H34ClNO2/c1-33(2,3)37-29-17-19-31-25(20-29)14-18-30(23-8-5-4-6-9-23)32(31)24-12-15-28(16-13-24)36-22-27-11-7-10-26(21-34)35-27/h4-13,15-17,19-20,30,32H,14,18,21-22H2,1-3H3/t30-,32+/m1/s1. The highest BCUT2D eigenvalue weighted by Gasteiger charge is 2.32. The largest absolute Gasteiger partial charge is 0.488 e. The zero-order valence-electron chi connectivity index (χ0n) is 21.8. The van der Waals surface area contributed by atoms with Crippen molar-refractivity contribution < 1.29 is 9.47 Å². The molecule has 3 aromatic carbocycles. The summed E-state index contributed by atoms with van der Waals surface area (Å²) in [6.07, 6.45) is 2.14. The van der Waals surface area contributed by atoms with Gasteiger partial charge in [0.25, 0.3) is 0 Å². The minimum Gasteiger partial charge on any atom is -0.488 e. The maximum Gasteiger partial charge on any atom is 0.130 e. The molecule has 0 radical (unpaired) electrons. The second-order valence-corrected chi connectivity index (χ2v) is 11.0. The van der Waals surface area contributed by atoms with Crippen LogP contribution in [0.4, 0.5) is 0 Å². The van der Waals surface area contributed by atoms with Crippen molar-refractivity contribution in [2.75, 3.05) is 0 Å². The lowest BCUT2D eigenvalue weighted by atomic mass is 9.69. The summed E-state index contributed by atoms with van der Waals surface area (Å²) >= 11 is 5.93. The summed E-state index contributed by atoms with van der Waals surface area (Å²) < 4.78 is 12.2. The monoisotopic (exact) mass is 511 g/mol. The molecular weight excluding hydrogens is 478 g/mol. The number of aromatic nitrogens is 1. The number of halogens is 1. The summed E-state index contributed by atoms with van der Waals surface area (Å²) in [5.74, 6) is 2.86. The minimum atomic E-state index is -0.217. The molecule has 4 aromatic rings. The molecule has 1 heterocycles. The maximum absolute atomic E-state index is 6.18. The second-order valence-electron chi connectivity index (χ2n) is 10.7. The molecule has 0 amide bonds. The molecule has 5 rings (SSSR count). The second kappa shape index (κ2) is 11.0. The van der Waals surface area contributed by atoms with E-state index in [1.54, 1.807) is 0 Å². The molecule has 0 bridgehead atoms. The first-order valence-corrected chi connectivity index (χ1v) is 13.5. The van der Waals surface area contributed by atoms with E-state index in [1.165, 1.54) is 22.3 Å². The van der Waals surface area contributed by atoms with E-state index in [1.807, 2.05) is 18.2 Å². The van der Waals surface area contributed by atoms with Gasteiger partial charge in [0.1, 0.15) is 23.7 Å². The van der Waals surface area contributed by atoms with Crippen LogP contribution < -0.4 is 9.47 Å². The predicted molar refractivity (Wildman–Crippen MR) is 151 cm³/mol. The van der Waals surface area contributed by atoms with Crippen LogP contribution in [0, 0.1) is 0 Å². The Morgan fingerprint density at radius 1 is 0.811 bits per heavy atom. The molecule has 0 unspecified atom stereocenters. The first-order valence-electron chi connectivity index (χ1n) is 13.0. The quantitative estimate of drug-likeness (QED) is 0.233. The van der Waals surface area contributed by atoms with Gasteiger partial charge in [-0.2, -0.15) is 0 Å². The summed E-state index contributed by atoms with van der Waals surface area (Å²) in [5, 5.41) is 0. The molecule has 0 fully saturated rings. The summed E-state index contributed by atoms with van der Waals surface area (Å²) in [7, 11) is 0. The lowest BCUT2D eigenvalue weighted by Crippen LogP contribution is -2.24. The molecule has 0 aliphatic heterocycles. The summed E-state index contributed by atoms with van der Waals surface area (Å²) in [6, 6.07) is 32.0. The zero-order chi connectivity index (χ0) is 25.8. The Morgan fingerprint density at radius 3 is 2.27 bits per heavy atom. The van der Waals surface area contributed by atoms with Crippen molar-refractivity contribution in [1.82, 2.24) is 4.98 Å². The molecule has 4 heteroatoms. The van der Waals surface area contributed by atoms with Crippen LogP contribution in [0.15, 0.2) is 91.0 Å². The number of benzene rings is 3. The Kier molecular flexibility index (Phi) is 7.53. The Labute approximate surface area is 225 Å². The van der Waals surface area contributed by atoms with E-state index in [0.717, 1.165) is 35.7 Å². The first kappa shape index (κ1) is 25.4. The third-order valence-electron chi connectivity index (χ3n) is 6.86. The van der Waals surface area contributed by atoms with Crippen LogP contribution in [0.25, 0.3) is 0 Å². The Morgan fingerprint density at radius 2 is 1.54 bits per heavy atom. The molecule has 1 aliphatic rings. The average molecular weight is 512 g/mol. The smallest absolute Gasteiger partial charge is 0.130 e. The average Bonchev–Trinajstić information content (AvgIpc) is 2.91. The number of nitrogens with zero attached hydrogens (tertiary/aromatic N) is 1. The fourth-order valence-electron chi connectivity index (χ4n) is 5.30. The van der Waals surface area contributed by atoms with E-state index < -0.39 is 0 Å². The van der Waals surface area contributed by atoms with Crippen LogP contribution >= 0.6 is 11.6 Å². The predicted octanol–water partition coefficient (Wildman–Crippen LogP) is 8.44. The highest BCUT2D eigenvalue weighted by atomic mass is 35.5. The van der Waals surface area contributed by atoms with E-state index in [4.69, 9.17) is 21.1 Å². The van der Waals surface area contributed by atoms with Gasteiger partial charge in [-0.25, -0.2) is 0 Å². The number of ether oxygens (including phenoxy) is 2. The number of pyridine rings is 1. The van der Waals surface area contributed by atoms with E-state index in [-0.39, 0.29) is 11.5 Å². The zero-order valence-corrected chi connectivity index (χ0v) is 22.5. The molecule has 3 nitrogen and oxygen atoms in total. The number of hydrogen-bond acceptors (Lipinski definition) is 3. The van der Waals surface area contributed by atoms with Crippen LogP contribution in [0.5, 0.6) is 11.5 Å². The van der Waals surface area contributed by atoms with Crippen molar-refractivity contribution >= 4 is 11.6 Å². The van der Waals surface area contributed by atoms with Gasteiger partial charge in [0.15, 0.2) is 0 Å². The Hall–Kier alpha value is -3.30. The molecule has 2 atom stereocenters. The molecule has 0 spiro atoms. The lowest BCUT2D eigenvalue weighted by molar-refractivity contribution is 0.130.